The van der Waals surface area contributed by atoms with Crippen molar-refractivity contribution in [2.45, 2.75) is 12.8 Å². The third kappa shape index (κ3) is 3.75. The molecular weight excluding hydrogens is 356 g/mol. The first kappa shape index (κ1) is 18.1. The van der Waals surface area contributed by atoms with E-state index in [4.69, 9.17) is 11.6 Å². The Morgan fingerprint density at radius 1 is 1.08 bits per heavy atom. The average molecular weight is 373 g/mol. The summed E-state index contributed by atoms with van der Waals surface area (Å²) in [6.07, 6.45) is 1.09. The number of rotatable bonds is 4. The summed E-state index contributed by atoms with van der Waals surface area (Å²) in [6.45, 7) is 0.781. The molecule has 2 aromatic rings. The molecule has 1 aliphatic heterocycles. The highest BCUT2D eigenvalue weighted by Crippen LogP contribution is 2.27. The monoisotopic (exact) mass is 372 g/mol. The summed E-state index contributed by atoms with van der Waals surface area (Å²) in [5.41, 5.74) is 0.392. The molecule has 2 aromatic carbocycles. The Hall–Kier alpha value is -2.73. The van der Waals surface area contributed by atoms with Crippen LogP contribution in [0.2, 0.25) is 5.02 Å². The van der Waals surface area contributed by atoms with E-state index in [1.165, 1.54) is 18.2 Å². The molecule has 26 heavy (non-hydrogen) atoms. The molecule has 0 saturated carbocycles. The second-order valence-electron chi connectivity index (χ2n) is 6.22. The van der Waals surface area contributed by atoms with Crippen LogP contribution < -0.4 is 0 Å². The fourth-order valence-corrected chi connectivity index (χ4v) is 3.36. The van der Waals surface area contributed by atoms with E-state index in [1.54, 1.807) is 17.0 Å². The molecule has 134 valence electrons. The molecule has 3 rings (SSSR count). The van der Waals surface area contributed by atoms with Crippen LogP contribution in [0.25, 0.3) is 0 Å². The van der Waals surface area contributed by atoms with Crippen molar-refractivity contribution < 1.29 is 14.5 Å². The minimum atomic E-state index is -0.606. The molecule has 1 aliphatic rings. The Labute approximate surface area is 155 Å². The van der Waals surface area contributed by atoms with Crippen molar-refractivity contribution in [2.24, 2.45) is 5.92 Å². The number of Topliss-reactive ketones (excluding diaryl/α,β-unsaturated/α-hetero) is 1. The van der Waals surface area contributed by atoms with Gasteiger partial charge < -0.3 is 4.90 Å². The third-order valence-corrected chi connectivity index (χ3v) is 4.83. The Morgan fingerprint density at radius 3 is 2.35 bits per heavy atom. The van der Waals surface area contributed by atoms with Crippen molar-refractivity contribution in [1.29, 1.82) is 0 Å². The summed E-state index contributed by atoms with van der Waals surface area (Å²) in [6, 6.07) is 13.1. The normalized spacial score (nSPS) is 14.9. The Bertz CT molecular complexity index is 846. The van der Waals surface area contributed by atoms with E-state index in [-0.39, 0.29) is 28.0 Å². The van der Waals surface area contributed by atoms with Crippen LogP contribution in [-0.4, -0.2) is 34.6 Å². The predicted octanol–water partition coefficient (Wildman–Crippen LogP) is 3.98. The fourth-order valence-electron chi connectivity index (χ4n) is 3.19. The number of hydrogen-bond donors (Lipinski definition) is 0. The molecule has 0 aromatic heterocycles. The zero-order valence-electron chi connectivity index (χ0n) is 13.9. The van der Waals surface area contributed by atoms with Gasteiger partial charge in [-0.25, -0.2) is 0 Å². The van der Waals surface area contributed by atoms with Crippen LogP contribution in [0.4, 0.5) is 5.69 Å². The maximum absolute atomic E-state index is 12.7. The molecule has 0 radical (unpaired) electrons. The van der Waals surface area contributed by atoms with Gasteiger partial charge in [0.05, 0.1) is 4.92 Å². The standard InChI is InChI=1S/C19H17ClN2O4/c20-15-6-7-16(17(12-15)22(25)26)19(24)21-10-8-14(9-11-21)18(23)13-4-2-1-3-5-13/h1-7,12,14H,8-11H2. The van der Waals surface area contributed by atoms with E-state index in [0.29, 0.717) is 31.5 Å². The smallest absolute Gasteiger partial charge is 0.283 e. The lowest BCUT2D eigenvalue weighted by atomic mass is 9.88. The van der Waals surface area contributed by atoms with E-state index in [0.717, 1.165) is 0 Å². The minimum absolute atomic E-state index is 0.0206. The topological polar surface area (TPSA) is 80.5 Å². The van der Waals surface area contributed by atoms with Gasteiger partial charge in [0.25, 0.3) is 11.6 Å². The van der Waals surface area contributed by atoms with Gasteiger partial charge in [-0.2, -0.15) is 0 Å². The van der Waals surface area contributed by atoms with Gasteiger partial charge in [-0.1, -0.05) is 41.9 Å². The van der Waals surface area contributed by atoms with Crippen molar-refractivity contribution in [1.82, 2.24) is 4.90 Å². The molecule has 1 heterocycles. The number of likely N-dealkylation sites (tertiary alicyclic amines) is 1. The van der Waals surface area contributed by atoms with Crippen molar-refractivity contribution in [2.75, 3.05) is 13.1 Å². The largest absolute Gasteiger partial charge is 0.338 e. The second kappa shape index (κ2) is 7.66. The van der Waals surface area contributed by atoms with E-state index in [9.17, 15) is 19.7 Å². The van der Waals surface area contributed by atoms with Crippen LogP contribution in [0, 0.1) is 16.0 Å². The molecule has 1 fully saturated rings. The molecule has 0 N–H and O–H groups in total. The molecule has 6 nitrogen and oxygen atoms in total. The first-order valence-electron chi connectivity index (χ1n) is 8.30. The van der Waals surface area contributed by atoms with E-state index >= 15 is 0 Å². The van der Waals surface area contributed by atoms with Gasteiger partial charge in [0.1, 0.15) is 5.56 Å². The summed E-state index contributed by atoms with van der Waals surface area (Å²) >= 11 is 5.80. The molecule has 0 bridgehead atoms. The highest BCUT2D eigenvalue weighted by atomic mass is 35.5. The molecule has 1 amide bonds. The molecule has 0 aliphatic carbocycles. The van der Waals surface area contributed by atoms with Crippen LogP contribution in [0.1, 0.15) is 33.6 Å². The van der Waals surface area contributed by atoms with Crippen LogP contribution in [0.5, 0.6) is 0 Å². The van der Waals surface area contributed by atoms with E-state index in [1.807, 2.05) is 18.2 Å². The van der Waals surface area contributed by atoms with E-state index in [2.05, 4.69) is 0 Å². The first-order chi connectivity index (χ1) is 12.5. The van der Waals surface area contributed by atoms with Crippen LogP contribution in [0.15, 0.2) is 48.5 Å². The lowest BCUT2D eigenvalue weighted by molar-refractivity contribution is -0.385. The first-order valence-corrected chi connectivity index (χ1v) is 8.67. The van der Waals surface area contributed by atoms with Gasteiger partial charge in [-0.15, -0.1) is 0 Å². The Balaban J connectivity index is 1.70. The van der Waals surface area contributed by atoms with Gasteiger partial charge >= 0.3 is 0 Å². The average Bonchev–Trinajstić information content (AvgIpc) is 2.67. The SMILES string of the molecule is O=C(c1ccccc1)C1CCN(C(=O)c2ccc(Cl)cc2[N+](=O)[O-])CC1. The molecule has 0 atom stereocenters. The van der Waals surface area contributed by atoms with Crippen LogP contribution in [0.3, 0.4) is 0 Å². The van der Waals surface area contributed by atoms with Gasteiger partial charge in [0.2, 0.25) is 0 Å². The van der Waals surface area contributed by atoms with Crippen LogP contribution in [-0.2, 0) is 0 Å². The van der Waals surface area contributed by atoms with Crippen molar-refractivity contribution in [3.63, 3.8) is 0 Å². The molecule has 0 spiro atoms. The van der Waals surface area contributed by atoms with Crippen molar-refractivity contribution in [3.05, 3.63) is 74.8 Å². The second-order valence-corrected chi connectivity index (χ2v) is 6.65. The highest BCUT2D eigenvalue weighted by molar-refractivity contribution is 6.31. The Morgan fingerprint density at radius 2 is 1.73 bits per heavy atom. The lowest BCUT2D eigenvalue weighted by Gasteiger charge is -2.31. The fraction of sp³-hybridized carbons (Fsp3) is 0.263. The summed E-state index contributed by atoms with van der Waals surface area (Å²) in [5, 5.41) is 11.4. The number of piperidine rings is 1. The number of amides is 1. The number of benzene rings is 2. The minimum Gasteiger partial charge on any atom is -0.338 e. The number of hydrogen-bond acceptors (Lipinski definition) is 4. The number of carbonyl (C=O) groups excluding carboxylic acids is 2. The maximum atomic E-state index is 12.7. The number of nitrogens with zero attached hydrogens (tertiary/aromatic N) is 2. The summed E-state index contributed by atoms with van der Waals surface area (Å²) in [4.78, 5) is 37.3. The molecule has 0 unspecified atom stereocenters. The highest BCUT2D eigenvalue weighted by Gasteiger charge is 2.31. The number of ketones is 1. The van der Waals surface area contributed by atoms with Gasteiger partial charge in [-0.05, 0) is 25.0 Å². The van der Waals surface area contributed by atoms with Crippen molar-refractivity contribution >= 4 is 29.0 Å². The summed E-state index contributed by atoms with van der Waals surface area (Å²) < 4.78 is 0. The zero-order chi connectivity index (χ0) is 18.7. The number of carbonyl (C=O) groups is 2. The zero-order valence-corrected chi connectivity index (χ0v) is 14.7. The van der Waals surface area contributed by atoms with Gasteiger partial charge in [0.15, 0.2) is 5.78 Å². The van der Waals surface area contributed by atoms with Crippen molar-refractivity contribution in [3.8, 4) is 0 Å². The number of nitro benzene ring substituents is 1. The quantitative estimate of drug-likeness (QED) is 0.461. The van der Waals surface area contributed by atoms with Crippen LogP contribution >= 0.6 is 11.6 Å². The summed E-state index contributed by atoms with van der Waals surface area (Å²) in [7, 11) is 0. The number of nitro groups is 1. The predicted molar refractivity (Wildman–Crippen MR) is 97.5 cm³/mol. The molecule has 1 saturated heterocycles. The number of halogens is 1. The van der Waals surface area contributed by atoms with Gasteiger partial charge in [-0.3, -0.25) is 19.7 Å². The molecular formula is C19H17ClN2O4. The van der Waals surface area contributed by atoms with Gasteiger partial charge in [0, 0.05) is 35.7 Å². The maximum Gasteiger partial charge on any atom is 0.283 e. The third-order valence-electron chi connectivity index (χ3n) is 4.60. The Kier molecular flexibility index (Phi) is 5.32. The lowest BCUT2D eigenvalue weighted by Crippen LogP contribution is -2.40. The molecule has 7 heteroatoms. The van der Waals surface area contributed by atoms with E-state index < -0.39 is 10.8 Å². The summed E-state index contributed by atoms with van der Waals surface area (Å²) in [5.74, 6) is -0.462.